The Morgan fingerprint density at radius 2 is 1.89 bits per heavy atom. The minimum absolute atomic E-state index is 0.0220. The second kappa shape index (κ2) is 10.5. The Labute approximate surface area is 226 Å². The first-order valence-corrected chi connectivity index (χ1v) is 12.6. The number of aryl methyl sites for hydroxylation is 2. The zero-order chi connectivity index (χ0) is 27.8. The molecule has 0 bridgehead atoms. The van der Waals surface area contributed by atoms with E-state index in [2.05, 4.69) is 5.32 Å². The number of hydrogen-bond acceptors (Lipinski definition) is 7. The Morgan fingerprint density at radius 1 is 1.16 bits per heavy atom. The second-order valence-corrected chi connectivity index (χ2v) is 10.9. The zero-order valence-corrected chi connectivity index (χ0v) is 22.8. The van der Waals surface area contributed by atoms with Crippen LogP contribution in [-0.2, 0) is 23.9 Å². The number of carbonyl (C=O) groups is 3. The van der Waals surface area contributed by atoms with Crippen molar-refractivity contribution in [1.82, 2.24) is 0 Å². The van der Waals surface area contributed by atoms with Gasteiger partial charge in [0.25, 0.3) is 5.91 Å². The normalized spacial score (nSPS) is 18.5. The van der Waals surface area contributed by atoms with Gasteiger partial charge in [-0.3, -0.25) is 9.59 Å². The Hall–Kier alpha value is -3.78. The van der Waals surface area contributed by atoms with Gasteiger partial charge in [-0.15, -0.1) is 0 Å². The number of nitrogens with one attached hydrogen (secondary N) is 1. The van der Waals surface area contributed by atoms with Gasteiger partial charge in [0.1, 0.15) is 17.1 Å². The van der Waals surface area contributed by atoms with Crippen molar-refractivity contribution in [1.29, 1.82) is 0 Å². The lowest BCUT2D eigenvalue weighted by molar-refractivity contribution is -0.136. The van der Waals surface area contributed by atoms with Crippen molar-refractivity contribution in [3.8, 4) is 5.75 Å². The quantitative estimate of drug-likeness (QED) is 0.493. The molecule has 38 heavy (non-hydrogen) atoms. The summed E-state index contributed by atoms with van der Waals surface area (Å²) in [5.74, 6) is -1.69. The molecule has 8 nitrogen and oxygen atoms in total. The molecule has 2 aliphatic rings. The van der Waals surface area contributed by atoms with E-state index >= 15 is 0 Å². The van der Waals surface area contributed by atoms with Crippen LogP contribution in [0, 0.1) is 19.3 Å². The number of ether oxygens (including phenoxy) is 3. The van der Waals surface area contributed by atoms with Gasteiger partial charge >= 0.3 is 5.97 Å². The third-order valence-electron chi connectivity index (χ3n) is 6.67. The fraction of sp³-hybridized carbons (Fsp3) is 0.345. The van der Waals surface area contributed by atoms with Crippen molar-refractivity contribution in [3.63, 3.8) is 0 Å². The van der Waals surface area contributed by atoms with Gasteiger partial charge in [0.2, 0.25) is 5.88 Å². The summed E-state index contributed by atoms with van der Waals surface area (Å²) in [5.41, 5.74) is 9.19. The topological polar surface area (TPSA) is 117 Å². The molecule has 0 saturated carbocycles. The van der Waals surface area contributed by atoms with Crippen LogP contribution < -0.4 is 15.8 Å². The number of nitrogens with two attached hydrogens (primary N) is 1. The van der Waals surface area contributed by atoms with Gasteiger partial charge in [-0.05, 0) is 54.7 Å². The highest BCUT2D eigenvalue weighted by atomic mass is 35.5. The molecule has 1 heterocycles. The monoisotopic (exact) mass is 538 g/mol. The van der Waals surface area contributed by atoms with Crippen LogP contribution in [0.2, 0.25) is 5.02 Å². The smallest absolute Gasteiger partial charge is 0.340 e. The molecule has 1 atom stereocenters. The van der Waals surface area contributed by atoms with E-state index in [0.717, 1.165) is 11.1 Å². The summed E-state index contributed by atoms with van der Waals surface area (Å²) in [4.78, 5) is 39.1. The van der Waals surface area contributed by atoms with Crippen LogP contribution in [-0.4, -0.2) is 31.4 Å². The van der Waals surface area contributed by atoms with Gasteiger partial charge in [-0.1, -0.05) is 37.6 Å². The maximum Gasteiger partial charge on any atom is 0.340 e. The molecule has 0 aromatic heterocycles. The van der Waals surface area contributed by atoms with Gasteiger partial charge in [0.15, 0.2) is 12.4 Å². The largest absolute Gasteiger partial charge is 0.483 e. The van der Waals surface area contributed by atoms with Crippen molar-refractivity contribution in [2.45, 2.75) is 46.5 Å². The van der Waals surface area contributed by atoms with Crippen LogP contribution in [0.5, 0.6) is 5.75 Å². The fourth-order valence-electron chi connectivity index (χ4n) is 4.88. The highest BCUT2D eigenvalue weighted by Gasteiger charge is 2.45. The van der Waals surface area contributed by atoms with Crippen molar-refractivity contribution in [2.24, 2.45) is 11.1 Å². The highest BCUT2D eigenvalue weighted by Crippen LogP contribution is 2.50. The molecule has 1 aliphatic heterocycles. The predicted octanol–water partition coefficient (Wildman–Crippen LogP) is 5.07. The van der Waals surface area contributed by atoms with Crippen molar-refractivity contribution in [2.75, 3.05) is 19.0 Å². The molecule has 9 heteroatoms. The van der Waals surface area contributed by atoms with E-state index in [-0.39, 0.29) is 47.3 Å². The van der Waals surface area contributed by atoms with Crippen LogP contribution >= 0.6 is 11.6 Å². The molecule has 2 aromatic carbocycles. The molecule has 1 unspecified atom stereocenters. The Morgan fingerprint density at radius 3 is 2.61 bits per heavy atom. The molecule has 1 aliphatic carbocycles. The van der Waals surface area contributed by atoms with Crippen LogP contribution in [0.25, 0.3) is 0 Å². The summed E-state index contributed by atoms with van der Waals surface area (Å²) in [7, 11) is 1.22. The number of anilines is 1. The first-order chi connectivity index (χ1) is 17.9. The lowest BCUT2D eigenvalue weighted by Gasteiger charge is -2.38. The maximum atomic E-state index is 13.4. The molecule has 3 N–H and O–H groups in total. The SMILES string of the molecule is COC(=O)C1=C(N)OC2=C(C(=O)CC(C)(C)C2)C1c1cc(Cl)ccc1OCC(=O)Nc1cc(C)ccc1C. The number of esters is 1. The first-order valence-electron chi connectivity index (χ1n) is 12.2. The zero-order valence-electron chi connectivity index (χ0n) is 22.1. The van der Waals surface area contributed by atoms with Crippen molar-refractivity contribution in [3.05, 3.63) is 80.9 Å². The summed E-state index contributed by atoms with van der Waals surface area (Å²) >= 11 is 6.36. The molecule has 2 aromatic rings. The molecule has 1 amide bonds. The van der Waals surface area contributed by atoms with Crippen LogP contribution in [0.4, 0.5) is 5.69 Å². The summed E-state index contributed by atoms with van der Waals surface area (Å²) in [5, 5.41) is 3.21. The number of Topliss-reactive ketones (excluding diaryl/α,β-unsaturated/α-hetero) is 1. The number of ketones is 1. The molecule has 0 spiro atoms. The number of benzene rings is 2. The molecule has 0 saturated heterocycles. The van der Waals surface area contributed by atoms with E-state index in [0.29, 0.717) is 34.0 Å². The maximum absolute atomic E-state index is 13.4. The van der Waals surface area contributed by atoms with E-state index < -0.39 is 11.9 Å². The second-order valence-electron chi connectivity index (χ2n) is 10.4. The predicted molar refractivity (Wildman–Crippen MR) is 144 cm³/mol. The number of methoxy groups -OCH3 is 1. The lowest BCUT2D eigenvalue weighted by atomic mass is 9.70. The van der Waals surface area contributed by atoms with Gasteiger partial charge in [-0.25, -0.2) is 4.79 Å². The standard InChI is InChI=1S/C29H31ClN2O6/c1-15-6-7-16(2)19(10-15)32-23(34)14-37-21-9-8-17(30)11-18(21)24-25-20(33)12-29(3,4)13-22(25)38-27(31)26(24)28(35)36-5/h6-11,24H,12-14,31H2,1-5H3,(H,32,34). The van der Waals surface area contributed by atoms with Gasteiger partial charge in [-0.2, -0.15) is 0 Å². The summed E-state index contributed by atoms with van der Waals surface area (Å²) in [6.45, 7) is 7.45. The molecular weight excluding hydrogens is 508 g/mol. The molecule has 200 valence electrons. The lowest BCUT2D eigenvalue weighted by Crippen LogP contribution is -2.35. The Balaban J connectivity index is 1.72. The van der Waals surface area contributed by atoms with Crippen LogP contribution in [0.1, 0.15) is 49.3 Å². The van der Waals surface area contributed by atoms with E-state index in [1.807, 2.05) is 45.9 Å². The highest BCUT2D eigenvalue weighted by molar-refractivity contribution is 6.30. The average molecular weight is 539 g/mol. The average Bonchev–Trinajstić information content (AvgIpc) is 2.83. The number of carbonyl (C=O) groups excluding carboxylic acids is 3. The van der Waals surface area contributed by atoms with Gasteiger partial charge in [0, 0.05) is 34.7 Å². The summed E-state index contributed by atoms with van der Waals surface area (Å²) in [6.07, 6.45) is 0.712. The Bertz CT molecular complexity index is 1390. The third kappa shape index (κ3) is 5.55. The summed E-state index contributed by atoms with van der Waals surface area (Å²) < 4.78 is 16.8. The van der Waals surface area contributed by atoms with Crippen LogP contribution in [0.3, 0.4) is 0 Å². The van der Waals surface area contributed by atoms with Gasteiger partial charge < -0.3 is 25.3 Å². The minimum atomic E-state index is -0.939. The number of rotatable bonds is 6. The summed E-state index contributed by atoms with van der Waals surface area (Å²) in [6, 6.07) is 10.6. The van der Waals surface area contributed by atoms with E-state index in [1.165, 1.54) is 7.11 Å². The molecular formula is C29H31ClN2O6. The van der Waals surface area contributed by atoms with Gasteiger partial charge in [0.05, 0.1) is 13.0 Å². The third-order valence-corrected chi connectivity index (χ3v) is 6.90. The molecule has 4 rings (SSSR count). The minimum Gasteiger partial charge on any atom is -0.483 e. The van der Waals surface area contributed by atoms with Crippen LogP contribution in [0.15, 0.2) is 59.2 Å². The van der Waals surface area contributed by atoms with Crippen molar-refractivity contribution < 1.29 is 28.6 Å². The van der Waals surface area contributed by atoms with E-state index in [1.54, 1.807) is 18.2 Å². The number of allylic oxidation sites excluding steroid dienone is 2. The fourth-order valence-corrected chi connectivity index (χ4v) is 5.06. The number of halogens is 1. The van der Waals surface area contributed by atoms with Crippen molar-refractivity contribution >= 4 is 34.9 Å². The van der Waals surface area contributed by atoms with E-state index in [4.69, 9.17) is 31.5 Å². The van der Waals surface area contributed by atoms with E-state index in [9.17, 15) is 14.4 Å². The number of amides is 1. The number of hydrogen-bond donors (Lipinski definition) is 2. The Kier molecular flexibility index (Phi) is 7.56. The molecule has 0 radical (unpaired) electrons. The molecule has 0 fully saturated rings. The first kappa shape index (κ1) is 27.3.